The van der Waals surface area contributed by atoms with E-state index in [9.17, 15) is 9.59 Å². The molecular weight excluding hydrogens is 396 g/mol. The molecule has 0 bridgehead atoms. The molecule has 1 fully saturated rings. The number of nitrogens with one attached hydrogen (secondary N) is 2. The first-order valence-electron chi connectivity index (χ1n) is 11.3. The van der Waals surface area contributed by atoms with Crippen LogP contribution in [0, 0.1) is 19.8 Å². The van der Waals surface area contributed by atoms with Crippen molar-refractivity contribution in [3.8, 4) is 0 Å². The van der Waals surface area contributed by atoms with Crippen LogP contribution in [0.1, 0.15) is 94.5 Å². The van der Waals surface area contributed by atoms with Gasteiger partial charge in [-0.3, -0.25) is 9.59 Å². The molecule has 4 rings (SSSR count). The lowest BCUT2D eigenvalue weighted by atomic mass is 9.85. The van der Waals surface area contributed by atoms with Crippen LogP contribution in [0.4, 0.5) is 5.00 Å². The van der Waals surface area contributed by atoms with Gasteiger partial charge in [-0.25, -0.2) is 0 Å². The maximum absolute atomic E-state index is 13.3. The highest BCUT2D eigenvalue weighted by atomic mass is 32.1. The van der Waals surface area contributed by atoms with Crippen molar-refractivity contribution in [2.75, 3.05) is 5.32 Å². The van der Waals surface area contributed by atoms with Gasteiger partial charge in [-0.2, -0.15) is 0 Å². The second-order valence-corrected chi connectivity index (χ2v) is 9.92. The Balaban J connectivity index is 1.63. The molecule has 0 saturated heterocycles. The molecule has 2 N–H and O–H groups in total. The van der Waals surface area contributed by atoms with Gasteiger partial charge in [0.1, 0.15) is 16.5 Å². The minimum absolute atomic E-state index is 0.0234. The Kier molecular flexibility index (Phi) is 6.32. The van der Waals surface area contributed by atoms with Crippen LogP contribution in [0.2, 0.25) is 0 Å². The summed E-state index contributed by atoms with van der Waals surface area (Å²) in [5.74, 6) is 1.74. The zero-order chi connectivity index (χ0) is 21.3. The Labute approximate surface area is 182 Å². The lowest BCUT2D eigenvalue weighted by Crippen LogP contribution is -2.37. The van der Waals surface area contributed by atoms with Gasteiger partial charge < -0.3 is 15.1 Å². The third-order valence-electron chi connectivity index (χ3n) is 6.62. The Morgan fingerprint density at radius 3 is 2.57 bits per heavy atom. The minimum Gasteiger partial charge on any atom is -0.466 e. The van der Waals surface area contributed by atoms with Gasteiger partial charge in [0.15, 0.2) is 0 Å². The molecule has 0 spiro atoms. The molecule has 162 valence electrons. The van der Waals surface area contributed by atoms with Crippen LogP contribution < -0.4 is 10.6 Å². The van der Waals surface area contributed by atoms with Gasteiger partial charge in [0.2, 0.25) is 0 Å². The summed E-state index contributed by atoms with van der Waals surface area (Å²) >= 11 is 1.58. The van der Waals surface area contributed by atoms with E-state index in [2.05, 4.69) is 17.6 Å². The molecule has 2 heterocycles. The molecule has 1 atom stereocenters. The Morgan fingerprint density at radius 1 is 1.13 bits per heavy atom. The number of thiophene rings is 1. The SMILES string of the molecule is CC[C@H]1CCc2c(sc(NC(=O)c3cc(C)oc3C)c2C(=O)NC2CCCCC2)C1. The van der Waals surface area contributed by atoms with E-state index in [1.165, 1.54) is 24.1 Å². The van der Waals surface area contributed by atoms with E-state index >= 15 is 0 Å². The van der Waals surface area contributed by atoms with Crippen LogP contribution in [-0.2, 0) is 12.8 Å². The maximum atomic E-state index is 13.3. The van der Waals surface area contributed by atoms with Crippen molar-refractivity contribution in [3.05, 3.63) is 39.2 Å². The molecule has 1 saturated carbocycles. The Morgan fingerprint density at radius 2 is 1.90 bits per heavy atom. The number of amides is 2. The topological polar surface area (TPSA) is 71.3 Å². The van der Waals surface area contributed by atoms with Crippen molar-refractivity contribution in [2.24, 2.45) is 5.92 Å². The maximum Gasteiger partial charge on any atom is 0.259 e. The first kappa shape index (κ1) is 21.2. The number of rotatable bonds is 5. The van der Waals surface area contributed by atoms with E-state index in [0.29, 0.717) is 33.6 Å². The quantitative estimate of drug-likeness (QED) is 0.633. The van der Waals surface area contributed by atoms with E-state index in [1.54, 1.807) is 24.3 Å². The first-order valence-corrected chi connectivity index (χ1v) is 12.1. The second-order valence-electron chi connectivity index (χ2n) is 8.81. The molecule has 2 aromatic heterocycles. The monoisotopic (exact) mass is 428 g/mol. The highest BCUT2D eigenvalue weighted by Gasteiger charge is 2.30. The Bertz CT molecular complexity index is 937. The van der Waals surface area contributed by atoms with E-state index in [0.717, 1.165) is 44.1 Å². The van der Waals surface area contributed by atoms with Crippen molar-refractivity contribution in [1.82, 2.24) is 5.32 Å². The zero-order valence-electron chi connectivity index (χ0n) is 18.2. The molecule has 6 heteroatoms. The first-order chi connectivity index (χ1) is 14.5. The summed E-state index contributed by atoms with van der Waals surface area (Å²) in [7, 11) is 0. The predicted octanol–water partition coefficient (Wildman–Crippen LogP) is 5.79. The smallest absolute Gasteiger partial charge is 0.259 e. The average molecular weight is 429 g/mol. The van der Waals surface area contributed by atoms with Gasteiger partial charge in [-0.1, -0.05) is 32.6 Å². The molecule has 0 unspecified atom stereocenters. The number of aryl methyl sites for hydroxylation is 2. The zero-order valence-corrected chi connectivity index (χ0v) is 19.0. The summed E-state index contributed by atoms with van der Waals surface area (Å²) < 4.78 is 5.52. The molecule has 2 aliphatic rings. The molecule has 0 aliphatic heterocycles. The highest BCUT2D eigenvalue weighted by Crippen LogP contribution is 2.41. The lowest BCUT2D eigenvalue weighted by molar-refractivity contribution is 0.0927. The Hall–Kier alpha value is -2.08. The van der Waals surface area contributed by atoms with Crippen molar-refractivity contribution in [1.29, 1.82) is 0 Å². The summed E-state index contributed by atoms with van der Waals surface area (Å²) in [6.07, 6.45) is 9.87. The molecule has 2 aliphatic carbocycles. The number of furan rings is 1. The van der Waals surface area contributed by atoms with Crippen LogP contribution in [0.15, 0.2) is 10.5 Å². The van der Waals surface area contributed by atoms with Crippen LogP contribution in [-0.4, -0.2) is 17.9 Å². The number of carbonyl (C=O) groups excluding carboxylic acids is 2. The van der Waals surface area contributed by atoms with Gasteiger partial charge in [0.05, 0.1) is 11.1 Å². The van der Waals surface area contributed by atoms with Gasteiger partial charge in [0, 0.05) is 10.9 Å². The summed E-state index contributed by atoms with van der Waals surface area (Å²) in [5.41, 5.74) is 2.37. The summed E-state index contributed by atoms with van der Waals surface area (Å²) in [4.78, 5) is 27.5. The standard InChI is InChI=1S/C24H32N2O3S/c1-4-16-10-11-18-20(13-16)30-24(26-22(27)19-12-14(2)29-15(19)3)21(18)23(28)25-17-8-6-5-7-9-17/h12,16-17H,4-11,13H2,1-3H3,(H,25,28)(H,26,27)/t16-/m0/s1. The summed E-state index contributed by atoms with van der Waals surface area (Å²) in [6.45, 7) is 5.86. The van der Waals surface area contributed by atoms with Crippen molar-refractivity contribution in [2.45, 2.75) is 84.6 Å². The number of hydrogen-bond donors (Lipinski definition) is 2. The molecule has 30 heavy (non-hydrogen) atoms. The van der Waals surface area contributed by atoms with Crippen LogP contribution >= 0.6 is 11.3 Å². The van der Waals surface area contributed by atoms with Crippen LogP contribution in [0.5, 0.6) is 0 Å². The van der Waals surface area contributed by atoms with E-state index in [1.807, 2.05) is 6.92 Å². The van der Waals surface area contributed by atoms with Crippen molar-refractivity contribution < 1.29 is 14.0 Å². The van der Waals surface area contributed by atoms with Crippen LogP contribution in [0.3, 0.4) is 0 Å². The predicted molar refractivity (Wildman–Crippen MR) is 121 cm³/mol. The molecule has 0 aromatic carbocycles. The summed E-state index contributed by atoms with van der Waals surface area (Å²) in [5, 5.41) is 7.00. The fourth-order valence-electron chi connectivity index (χ4n) is 4.86. The third kappa shape index (κ3) is 4.34. The van der Waals surface area contributed by atoms with Gasteiger partial charge in [0.25, 0.3) is 11.8 Å². The van der Waals surface area contributed by atoms with E-state index < -0.39 is 0 Å². The fourth-order valence-corrected chi connectivity index (χ4v) is 6.22. The van der Waals surface area contributed by atoms with Gasteiger partial charge in [-0.15, -0.1) is 11.3 Å². The minimum atomic E-state index is -0.207. The van der Waals surface area contributed by atoms with Crippen molar-refractivity contribution in [3.63, 3.8) is 0 Å². The van der Waals surface area contributed by atoms with Crippen LogP contribution in [0.25, 0.3) is 0 Å². The molecular formula is C24H32N2O3S. The normalized spacial score (nSPS) is 19.4. The number of carbonyl (C=O) groups is 2. The largest absolute Gasteiger partial charge is 0.466 e. The summed E-state index contributed by atoms with van der Waals surface area (Å²) in [6, 6.07) is 2.00. The molecule has 2 amide bonds. The number of hydrogen-bond acceptors (Lipinski definition) is 4. The highest BCUT2D eigenvalue weighted by molar-refractivity contribution is 7.17. The number of fused-ring (bicyclic) bond motifs is 1. The average Bonchev–Trinajstić information content (AvgIpc) is 3.26. The van der Waals surface area contributed by atoms with Gasteiger partial charge >= 0.3 is 0 Å². The second kappa shape index (κ2) is 8.96. The fraction of sp³-hybridized carbons (Fsp3) is 0.583. The van der Waals surface area contributed by atoms with E-state index in [4.69, 9.17) is 4.42 Å². The van der Waals surface area contributed by atoms with E-state index in [-0.39, 0.29) is 17.9 Å². The molecule has 5 nitrogen and oxygen atoms in total. The third-order valence-corrected chi connectivity index (χ3v) is 7.79. The van der Waals surface area contributed by atoms with Crippen molar-refractivity contribution >= 4 is 28.2 Å². The lowest BCUT2D eigenvalue weighted by Gasteiger charge is -2.24. The molecule has 2 aromatic rings. The number of anilines is 1. The van der Waals surface area contributed by atoms with Gasteiger partial charge in [-0.05, 0) is 63.5 Å². The molecule has 0 radical (unpaired) electrons.